The van der Waals surface area contributed by atoms with Gasteiger partial charge in [-0.2, -0.15) is 0 Å². The molecule has 0 aromatic heterocycles. The van der Waals surface area contributed by atoms with Crippen LogP contribution in [0.2, 0.25) is 0 Å². The molecule has 1 heterocycles. The molecule has 0 radical (unpaired) electrons. The Morgan fingerprint density at radius 2 is 2.10 bits per heavy atom. The second-order valence-corrected chi connectivity index (χ2v) is 6.92. The molecule has 1 unspecified atom stereocenters. The zero-order chi connectivity index (χ0) is 14.4. The van der Waals surface area contributed by atoms with Gasteiger partial charge in [-0.15, -0.1) is 0 Å². The first-order chi connectivity index (χ1) is 9.62. The summed E-state index contributed by atoms with van der Waals surface area (Å²) in [7, 11) is -1.97. The van der Waals surface area contributed by atoms with Gasteiger partial charge in [0.25, 0.3) is 0 Å². The molecule has 1 saturated heterocycles. The quantitative estimate of drug-likeness (QED) is 0.832. The predicted molar refractivity (Wildman–Crippen MR) is 78.4 cm³/mol. The van der Waals surface area contributed by atoms with E-state index in [4.69, 9.17) is 4.74 Å². The molecule has 1 aromatic rings. The van der Waals surface area contributed by atoms with Gasteiger partial charge in [-0.1, -0.05) is 0 Å². The Bertz CT molecular complexity index is 508. The van der Waals surface area contributed by atoms with Gasteiger partial charge in [0.1, 0.15) is 5.75 Å². The van der Waals surface area contributed by atoms with E-state index < -0.39 is 10.0 Å². The van der Waals surface area contributed by atoms with Crippen molar-refractivity contribution >= 4 is 10.0 Å². The second kappa shape index (κ2) is 7.06. The molecule has 0 amide bonds. The van der Waals surface area contributed by atoms with E-state index in [1.165, 1.54) is 19.9 Å². The fourth-order valence-corrected chi connectivity index (χ4v) is 3.08. The van der Waals surface area contributed by atoms with E-state index in [2.05, 4.69) is 10.0 Å². The Hall–Kier alpha value is -1.11. The zero-order valence-electron chi connectivity index (χ0n) is 11.8. The number of hydrogen-bond donors (Lipinski definition) is 2. The van der Waals surface area contributed by atoms with Crippen LogP contribution < -0.4 is 14.8 Å². The van der Waals surface area contributed by atoms with Gasteiger partial charge in [0, 0.05) is 0 Å². The molecule has 2 N–H and O–H groups in total. The summed E-state index contributed by atoms with van der Waals surface area (Å²) >= 11 is 0. The molecule has 0 bridgehead atoms. The number of benzene rings is 1. The summed E-state index contributed by atoms with van der Waals surface area (Å²) in [5.74, 6) is 1.40. The highest BCUT2D eigenvalue weighted by Gasteiger charge is 2.13. The Balaban J connectivity index is 1.82. The lowest BCUT2D eigenvalue weighted by Crippen LogP contribution is -2.30. The molecule has 0 aliphatic carbocycles. The number of ether oxygens (including phenoxy) is 1. The Labute approximate surface area is 120 Å². The topological polar surface area (TPSA) is 67.4 Å². The van der Waals surface area contributed by atoms with Crippen molar-refractivity contribution in [3.63, 3.8) is 0 Å². The van der Waals surface area contributed by atoms with E-state index in [1.54, 1.807) is 24.3 Å². The Morgan fingerprint density at radius 3 is 2.70 bits per heavy atom. The normalized spacial score (nSPS) is 19.8. The van der Waals surface area contributed by atoms with Gasteiger partial charge in [-0.25, -0.2) is 13.1 Å². The van der Waals surface area contributed by atoms with Crippen LogP contribution in [0.25, 0.3) is 0 Å². The highest BCUT2D eigenvalue weighted by atomic mass is 32.2. The average Bonchev–Trinajstić information content (AvgIpc) is 2.49. The van der Waals surface area contributed by atoms with Gasteiger partial charge < -0.3 is 10.1 Å². The monoisotopic (exact) mass is 298 g/mol. The first-order valence-corrected chi connectivity index (χ1v) is 8.47. The van der Waals surface area contributed by atoms with Crippen LogP contribution in [0.5, 0.6) is 5.75 Å². The molecule has 0 saturated carbocycles. The lowest BCUT2D eigenvalue weighted by molar-refractivity contribution is 0.254. The second-order valence-electron chi connectivity index (χ2n) is 5.03. The molecule has 1 aliphatic rings. The maximum atomic E-state index is 11.6. The van der Waals surface area contributed by atoms with Crippen LogP contribution in [-0.2, 0) is 10.0 Å². The van der Waals surface area contributed by atoms with Gasteiger partial charge >= 0.3 is 0 Å². The zero-order valence-corrected chi connectivity index (χ0v) is 12.6. The average molecular weight is 298 g/mol. The largest absolute Gasteiger partial charge is 0.494 e. The van der Waals surface area contributed by atoms with Crippen LogP contribution in [0.1, 0.15) is 19.3 Å². The Kier molecular flexibility index (Phi) is 5.39. The van der Waals surface area contributed by atoms with Gasteiger partial charge in [0.2, 0.25) is 10.0 Å². The number of rotatable bonds is 6. The molecule has 1 aromatic carbocycles. The number of sulfonamides is 1. The van der Waals surface area contributed by atoms with Crippen LogP contribution in [-0.4, -0.2) is 35.2 Å². The smallest absolute Gasteiger partial charge is 0.240 e. The van der Waals surface area contributed by atoms with Crippen LogP contribution in [0.15, 0.2) is 29.2 Å². The maximum Gasteiger partial charge on any atom is 0.240 e. The van der Waals surface area contributed by atoms with Crippen molar-refractivity contribution in [3.8, 4) is 5.75 Å². The first kappa shape index (κ1) is 15.3. The minimum absolute atomic E-state index is 0.254. The van der Waals surface area contributed by atoms with Crippen molar-refractivity contribution in [1.29, 1.82) is 0 Å². The van der Waals surface area contributed by atoms with Crippen molar-refractivity contribution in [2.75, 3.05) is 26.7 Å². The van der Waals surface area contributed by atoms with Gasteiger partial charge in [0.15, 0.2) is 0 Å². The fraction of sp³-hybridized carbons (Fsp3) is 0.571. The van der Waals surface area contributed by atoms with Gasteiger partial charge in [0.05, 0.1) is 11.5 Å². The van der Waals surface area contributed by atoms with Gasteiger partial charge in [-0.3, -0.25) is 0 Å². The van der Waals surface area contributed by atoms with E-state index in [0.717, 1.165) is 19.5 Å². The number of hydrogen-bond acceptors (Lipinski definition) is 4. The first-order valence-electron chi connectivity index (χ1n) is 6.99. The van der Waals surface area contributed by atoms with Crippen LogP contribution in [0.4, 0.5) is 0 Å². The van der Waals surface area contributed by atoms with Crippen LogP contribution >= 0.6 is 0 Å². The molecule has 1 fully saturated rings. The van der Waals surface area contributed by atoms with E-state index in [9.17, 15) is 8.42 Å². The van der Waals surface area contributed by atoms with Crippen molar-refractivity contribution in [1.82, 2.24) is 10.0 Å². The van der Waals surface area contributed by atoms with E-state index in [0.29, 0.717) is 18.3 Å². The van der Waals surface area contributed by atoms with E-state index in [-0.39, 0.29) is 4.90 Å². The molecule has 1 atom stereocenters. The van der Waals surface area contributed by atoms with Crippen LogP contribution in [0, 0.1) is 5.92 Å². The van der Waals surface area contributed by atoms with Crippen molar-refractivity contribution in [2.45, 2.75) is 24.2 Å². The summed E-state index contributed by atoms with van der Waals surface area (Å²) in [5.41, 5.74) is 0. The lowest BCUT2D eigenvalue weighted by Gasteiger charge is -2.22. The van der Waals surface area contributed by atoms with Gasteiger partial charge in [-0.05, 0) is 69.6 Å². The third-order valence-corrected chi connectivity index (χ3v) is 5.03. The van der Waals surface area contributed by atoms with Crippen molar-refractivity contribution < 1.29 is 13.2 Å². The van der Waals surface area contributed by atoms with Crippen LogP contribution in [0.3, 0.4) is 0 Å². The lowest BCUT2D eigenvalue weighted by atomic mass is 9.97. The molecular formula is C14H22N2O3S. The number of nitrogens with one attached hydrogen (secondary N) is 2. The minimum Gasteiger partial charge on any atom is -0.494 e. The summed E-state index contributed by atoms with van der Waals surface area (Å²) in [6.07, 6.45) is 3.53. The fourth-order valence-electron chi connectivity index (χ4n) is 2.35. The summed E-state index contributed by atoms with van der Waals surface area (Å²) in [6, 6.07) is 6.51. The Morgan fingerprint density at radius 1 is 1.35 bits per heavy atom. The summed E-state index contributed by atoms with van der Waals surface area (Å²) in [6.45, 7) is 2.87. The minimum atomic E-state index is -3.37. The maximum absolute atomic E-state index is 11.6. The van der Waals surface area contributed by atoms with Crippen molar-refractivity contribution in [3.05, 3.63) is 24.3 Å². The number of piperidine rings is 1. The third kappa shape index (κ3) is 4.19. The standard InChI is InChI=1S/C14H22N2O3S/c1-15-20(17,18)14-6-4-13(5-7-14)19-10-8-12-3-2-9-16-11-12/h4-7,12,15-16H,2-3,8-11H2,1H3. The molecule has 5 nitrogen and oxygen atoms in total. The summed E-state index contributed by atoms with van der Waals surface area (Å²) in [4.78, 5) is 0.254. The molecule has 2 rings (SSSR count). The molecular weight excluding hydrogens is 276 g/mol. The molecule has 0 spiro atoms. The third-order valence-electron chi connectivity index (χ3n) is 3.60. The molecule has 1 aliphatic heterocycles. The van der Waals surface area contributed by atoms with E-state index >= 15 is 0 Å². The van der Waals surface area contributed by atoms with E-state index in [1.807, 2.05) is 0 Å². The van der Waals surface area contributed by atoms with Crippen molar-refractivity contribution in [2.24, 2.45) is 5.92 Å². The SMILES string of the molecule is CNS(=O)(=O)c1ccc(OCCC2CCCNC2)cc1. The molecule has 6 heteroatoms. The highest BCUT2D eigenvalue weighted by Crippen LogP contribution is 2.18. The molecule has 112 valence electrons. The highest BCUT2D eigenvalue weighted by molar-refractivity contribution is 7.89. The summed E-state index contributed by atoms with van der Waals surface area (Å²) in [5, 5.41) is 3.38. The predicted octanol–water partition coefficient (Wildman–Crippen LogP) is 1.36. The molecule has 20 heavy (non-hydrogen) atoms. The summed E-state index contributed by atoms with van der Waals surface area (Å²) < 4.78 is 31.1.